The van der Waals surface area contributed by atoms with Gasteiger partial charge >= 0.3 is 0 Å². The van der Waals surface area contributed by atoms with E-state index in [0.29, 0.717) is 106 Å². The Morgan fingerprint density at radius 1 is 0.441 bits per heavy atom. The molecule has 0 atom stereocenters. The van der Waals surface area contributed by atoms with Crippen molar-refractivity contribution in [3.63, 3.8) is 0 Å². The van der Waals surface area contributed by atoms with Gasteiger partial charge in [-0.1, -0.05) is 0 Å². The molecule has 12 heterocycles. The zero-order chi connectivity index (χ0) is 70.3. The number of halogens is 4. The van der Waals surface area contributed by atoms with E-state index >= 15 is 0 Å². The molecule has 12 aromatic rings. The first-order valence-electron chi connectivity index (χ1n) is 34.4. The van der Waals surface area contributed by atoms with Gasteiger partial charge in [0.05, 0.1) is 42.8 Å². The van der Waals surface area contributed by atoms with E-state index in [2.05, 4.69) is 104 Å². The number of fused-ring (bicyclic) bond motifs is 16. The maximum absolute atomic E-state index is 14.5. The van der Waals surface area contributed by atoms with Gasteiger partial charge < -0.3 is 56.7 Å². The SMILES string of the molecule is CN1CCCNCCNc2ccc(F)c(c2)-c2cnc3ccc1nn23.CN1CCCNc2ccc(F)c(c2)-c2cnc3ccc(nn23)N(C)CC1.Fc1ccc2cc1-c1cnn3ccc(nc13)NCCCOCCN2.[C-]#[N+]CN1CCCNc2ccc(F)c(c2)-c2cnn3ccc(nc23)NCC1. The Balaban J connectivity index is 0.000000121. The van der Waals surface area contributed by atoms with Crippen LogP contribution in [0.15, 0.2) is 146 Å². The van der Waals surface area contributed by atoms with E-state index in [1.807, 2.05) is 75.0 Å². The fourth-order valence-electron chi connectivity index (χ4n) is 12.3. The fourth-order valence-corrected chi connectivity index (χ4v) is 12.3. The smallest absolute Gasteiger partial charge is 0.270 e. The third kappa shape index (κ3) is 16.8. The van der Waals surface area contributed by atoms with Crippen LogP contribution in [0.1, 0.15) is 25.7 Å². The van der Waals surface area contributed by atoms with E-state index in [0.717, 1.165) is 144 Å². The number of hydrogen-bond acceptors (Lipinski definition) is 20. The van der Waals surface area contributed by atoms with E-state index in [1.165, 1.54) is 24.3 Å². The molecule has 16 bridgehead atoms. The van der Waals surface area contributed by atoms with Gasteiger partial charge in [-0.15, -0.1) is 10.2 Å². The number of nitrogens with one attached hydrogen (secondary N) is 7. The van der Waals surface area contributed by atoms with E-state index in [1.54, 1.807) is 79.2 Å². The molecule has 0 spiro atoms. The second kappa shape index (κ2) is 32.9. The second-order valence-electron chi connectivity index (χ2n) is 25.2. The van der Waals surface area contributed by atoms with Crippen LogP contribution in [0.3, 0.4) is 0 Å². The van der Waals surface area contributed by atoms with Gasteiger partial charge in [0, 0.05) is 168 Å². The van der Waals surface area contributed by atoms with Gasteiger partial charge in [0.1, 0.15) is 46.5 Å². The van der Waals surface area contributed by atoms with Gasteiger partial charge in [0.15, 0.2) is 22.6 Å². The van der Waals surface area contributed by atoms with Crippen molar-refractivity contribution in [1.29, 1.82) is 0 Å². The molecule has 25 nitrogen and oxygen atoms in total. The Kier molecular flexibility index (Phi) is 22.3. The van der Waals surface area contributed by atoms with Crippen LogP contribution in [-0.2, 0) is 4.74 Å². The minimum absolute atomic E-state index is 0.276. The fraction of sp³-hybridized carbons (Fsp3) is 0.329. The Labute approximate surface area is 587 Å². The minimum atomic E-state index is -0.303. The Morgan fingerprint density at radius 2 is 0.931 bits per heavy atom. The number of ether oxygens (including phenoxy) is 1. The molecule has 4 aromatic carbocycles. The van der Waals surface area contributed by atoms with Crippen LogP contribution in [0, 0.1) is 29.8 Å². The molecule has 0 saturated heterocycles. The lowest BCUT2D eigenvalue weighted by Crippen LogP contribution is -2.32. The van der Waals surface area contributed by atoms with Gasteiger partial charge in [-0.2, -0.15) is 10.2 Å². The van der Waals surface area contributed by atoms with Crippen molar-refractivity contribution in [3.05, 3.63) is 181 Å². The molecule has 29 heteroatoms. The third-order valence-electron chi connectivity index (χ3n) is 17.9. The molecule has 0 amide bonds. The van der Waals surface area contributed by atoms with Crippen LogP contribution in [0.4, 0.5) is 63.6 Å². The lowest BCUT2D eigenvalue weighted by atomic mass is 10.1. The number of likely N-dealkylation sites (N-methyl/N-ethyl adjacent to an activating group) is 2. The lowest BCUT2D eigenvalue weighted by Gasteiger charge is -2.22. The van der Waals surface area contributed by atoms with Gasteiger partial charge in [0.25, 0.3) is 6.67 Å². The van der Waals surface area contributed by atoms with Crippen LogP contribution < -0.4 is 47.0 Å². The lowest BCUT2D eigenvalue weighted by molar-refractivity contribution is 0.143. The molecule has 16 rings (SSSR count). The van der Waals surface area contributed by atoms with Crippen molar-refractivity contribution >= 4 is 68.6 Å². The second-order valence-corrected chi connectivity index (χ2v) is 25.2. The maximum Gasteiger partial charge on any atom is 0.270 e. The predicted molar refractivity (Wildman–Crippen MR) is 394 cm³/mol. The summed E-state index contributed by atoms with van der Waals surface area (Å²) in [5.41, 5.74) is 10.7. The molecule has 4 aliphatic heterocycles. The van der Waals surface area contributed by atoms with Crippen LogP contribution >= 0.6 is 0 Å². The quantitative estimate of drug-likeness (QED) is 0.0598. The van der Waals surface area contributed by atoms with Crippen LogP contribution in [0.5, 0.6) is 0 Å². The van der Waals surface area contributed by atoms with E-state index in [4.69, 9.17) is 16.4 Å². The molecule has 102 heavy (non-hydrogen) atoms. The number of benzene rings is 4. The topological polar surface area (TPSA) is 232 Å². The summed E-state index contributed by atoms with van der Waals surface area (Å²) in [5, 5.41) is 41.2. The highest BCUT2D eigenvalue weighted by Gasteiger charge is 2.21. The first-order valence-corrected chi connectivity index (χ1v) is 34.4. The van der Waals surface area contributed by atoms with Crippen molar-refractivity contribution < 1.29 is 22.3 Å². The number of anilines is 8. The largest absolute Gasteiger partial charge is 0.385 e. The highest BCUT2D eigenvalue weighted by Crippen LogP contribution is 2.33. The summed E-state index contributed by atoms with van der Waals surface area (Å²) in [5.74, 6) is 1.98. The number of imidazole rings is 2. The minimum Gasteiger partial charge on any atom is -0.385 e. The summed E-state index contributed by atoms with van der Waals surface area (Å²) in [6.07, 6.45) is 14.1. The first kappa shape index (κ1) is 69.3. The summed E-state index contributed by atoms with van der Waals surface area (Å²) < 4.78 is 70.2. The summed E-state index contributed by atoms with van der Waals surface area (Å²) >= 11 is 0. The highest BCUT2D eigenvalue weighted by atomic mass is 19.1. The van der Waals surface area contributed by atoms with Crippen molar-refractivity contribution in [2.24, 2.45) is 0 Å². The van der Waals surface area contributed by atoms with Crippen LogP contribution in [0.2, 0.25) is 0 Å². The van der Waals surface area contributed by atoms with E-state index in [9.17, 15) is 17.6 Å². The molecule has 528 valence electrons. The monoisotopic (exact) mass is 1390 g/mol. The maximum atomic E-state index is 14.5. The van der Waals surface area contributed by atoms with Gasteiger partial charge in [-0.25, -0.2) is 67.0 Å². The zero-order valence-electron chi connectivity index (χ0n) is 57.2. The number of aromatic nitrogens is 12. The van der Waals surface area contributed by atoms with Gasteiger partial charge in [0.2, 0.25) is 0 Å². The zero-order valence-corrected chi connectivity index (χ0v) is 57.2. The molecule has 4 aliphatic rings. The molecule has 0 saturated carbocycles. The molecule has 0 unspecified atom stereocenters. The molecule has 0 radical (unpaired) electrons. The molecule has 8 aromatic heterocycles. The van der Waals surface area contributed by atoms with E-state index < -0.39 is 0 Å². The number of nitrogens with zero attached hydrogens (tertiary/aromatic N) is 17. The number of hydrogen-bond donors (Lipinski definition) is 7. The van der Waals surface area contributed by atoms with Crippen molar-refractivity contribution in [2.75, 3.05) is 174 Å². The Bertz CT molecular complexity index is 4880. The molecule has 0 fully saturated rings. The van der Waals surface area contributed by atoms with Gasteiger partial charge in [-0.3, -0.25) is 4.85 Å². The summed E-state index contributed by atoms with van der Waals surface area (Å²) in [6.45, 7) is 20.4. The Hall–Kier alpha value is -11.2. The van der Waals surface area contributed by atoms with Crippen LogP contribution in [0.25, 0.3) is 72.2 Å². The van der Waals surface area contributed by atoms with Crippen molar-refractivity contribution in [2.45, 2.75) is 25.7 Å². The molecule has 7 N–H and O–H groups in total. The van der Waals surface area contributed by atoms with Gasteiger partial charge in [-0.05, 0) is 155 Å². The summed E-state index contributed by atoms with van der Waals surface area (Å²) in [6, 6.07) is 31.6. The first-order chi connectivity index (χ1) is 49.9. The van der Waals surface area contributed by atoms with Crippen molar-refractivity contribution in [3.8, 4) is 44.8 Å². The number of rotatable bonds is 1. The average molecular weight is 1390 g/mol. The predicted octanol–water partition coefficient (Wildman–Crippen LogP) is 10.8. The standard InChI is InChI=1S/C19H20FN7.C19H23FN6.C18H21FN6.C17H18FN5O/c1-21-13-26-8-2-6-22-14-3-4-17(20)15(11-14)16-12-24-27-9-5-18(23-7-10-26)25-19(16)27;1-24-9-3-8-21-14-4-5-16(20)15(12-14)17-13-22-18-6-7-19(23-26(17)18)25(2)11-10-24;1-24-10-2-7-20-8-9-21-13-3-4-15(19)14(11-13)16-12-22-17-5-6-18(24)23-25(16)17;18-15-3-2-12-10-13(15)14-11-21-23-7-4-16(22-17(14)23)20-5-1-8-24-9-6-19-12/h3-5,9,11-12,22H,2,6-8,10,13H2,(H,23,25);4-7,12-13,21H,3,8-11H2,1-2H3;3-6,11-12,20-21H,2,7-10H2,1H3;2-4,7,10-11,19H,1,5-6,8-9H2,(H,20,22). The third-order valence-corrected chi connectivity index (χ3v) is 17.9. The average Bonchev–Trinajstić information content (AvgIpc) is 1.63. The summed E-state index contributed by atoms with van der Waals surface area (Å²) in [7, 11) is 6.18. The normalized spacial score (nSPS) is 15.7. The van der Waals surface area contributed by atoms with E-state index in [-0.39, 0.29) is 23.3 Å². The van der Waals surface area contributed by atoms with Crippen molar-refractivity contribution in [1.82, 2.24) is 73.5 Å². The molecular weight excluding hydrogens is 1300 g/mol. The Morgan fingerprint density at radius 3 is 1.50 bits per heavy atom. The van der Waals surface area contributed by atoms with Crippen LogP contribution in [-0.4, -0.2) is 201 Å². The summed E-state index contributed by atoms with van der Waals surface area (Å²) in [4.78, 5) is 30.1. The highest BCUT2D eigenvalue weighted by molar-refractivity contribution is 5.81. The molecule has 0 aliphatic carbocycles. The molecular formula is C73H82F4N24O.